The maximum Gasteiger partial charge on any atom is 0.286 e. The Labute approximate surface area is 528 Å². The van der Waals surface area contributed by atoms with Crippen LogP contribution in [0.3, 0.4) is 0 Å². The molecule has 2 bridgehead atoms. The minimum atomic E-state index is -1.34. The highest BCUT2D eigenvalue weighted by atomic mass is 19.1. The van der Waals surface area contributed by atoms with Crippen LogP contribution in [-0.4, -0.2) is 142 Å². The third kappa shape index (κ3) is 8.48. The van der Waals surface area contributed by atoms with Crippen LogP contribution in [0.15, 0.2) is 127 Å². The van der Waals surface area contributed by atoms with Crippen molar-refractivity contribution >= 4 is 111 Å². The maximum atomic E-state index is 15.1. The number of halogens is 4. The normalized spacial score (nSPS) is 24.3. The van der Waals surface area contributed by atoms with Crippen LogP contribution in [0, 0.1) is 23.3 Å². The molecule has 23 heteroatoms. The van der Waals surface area contributed by atoms with E-state index in [-0.39, 0.29) is 64.8 Å². The number of carbonyl (C=O) groups excluding carboxylic acids is 4. The minimum absolute atomic E-state index is 0.000442. The fraction of sp³-hybridized carbons (Fsp3) is 0.268. The second-order valence-corrected chi connectivity index (χ2v) is 25.9. The van der Waals surface area contributed by atoms with Crippen molar-refractivity contribution in [3.05, 3.63) is 190 Å². The Morgan fingerprint density at radius 1 is 0.521 bits per heavy atom. The molecule has 19 nitrogen and oxygen atoms in total. The molecular formula is C71H56F4N6O13. The Bertz CT molecular complexity index is 5290. The molecule has 6 N–H and O–H groups in total. The quantitative estimate of drug-likeness (QED) is 0.0613. The molecule has 4 aromatic heterocycles. The Hall–Kier alpha value is -9.40. The molecule has 0 aliphatic carbocycles. The van der Waals surface area contributed by atoms with Gasteiger partial charge >= 0.3 is 0 Å². The molecule has 94 heavy (non-hydrogen) atoms. The second kappa shape index (κ2) is 21.1. The summed E-state index contributed by atoms with van der Waals surface area (Å²) < 4.78 is 86.6. The molecule has 3 unspecified atom stereocenters. The van der Waals surface area contributed by atoms with E-state index in [0.717, 1.165) is 16.7 Å². The predicted octanol–water partition coefficient (Wildman–Crippen LogP) is 10.3. The van der Waals surface area contributed by atoms with Gasteiger partial charge in [-0.05, 0) is 101 Å². The number of carbonyl (C=O) groups is 4. The first-order valence-corrected chi connectivity index (χ1v) is 30.8. The Morgan fingerprint density at radius 2 is 1.01 bits per heavy atom. The zero-order chi connectivity index (χ0) is 64.8. The summed E-state index contributed by atoms with van der Waals surface area (Å²) in [4.78, 5) is 70.9. The van der Waals surface area contributed by atoms with Crippen LogP contribution in [0.2, 0.25) is 0 Å². The van der Waals surface area contributed by atoms with E-state index in [2.05, 4.69) is 30.7 Å². The number of hydroxylamine groups is 2. The van der Waals surface area contributed by atoms with Crippen molar-refractivity contribution in [2.75, 3.05) is 19.8 Å². The van der Waals surface area contributed by atoms with Gasteiger partial charge in [0, 0.05) is 54.1 Å². The molecule has 4 fully saturated rings. The Kier molecular flexibility index (Phi) is 13.1. The lowest BCUT2D eigenvalue weighted by Gasteiger charge is -2.36. The van der Waals surface area contributed by atoms with Gasteiger partial charge in [0.2, 0.25) is 0 Å². The molecule has 6 aliphatic heterocycles. The highest BCUT2D eigenvalue weighted by Gasteiger charge is 2.55. The molecule has 0 saturated carbocycles. The lowest BCUT2D eigenvalue weighted by atomic mass is 9.87. The molecule has 476 valence electrons. The molecule has 4 amide bonds. The number of amides is 4. The van der Waals surface area contributed by atoms with E-state index < -0.39 is 108 Å². The van der Waals surface area contributed by atoms with Crippen LogP contribution < -0.4 is 0 Å². The van der Waals surface area contributed by atoms with Gasteiger partial charge in [0.15, 0.2) is 12.5 Å². The first kappa shape index (κ1) is 58.4. The fourth-order valence-corrected chi connectivity index (χ4v) is 15.1. The zero-order valence-corrected chi connectivity index (χ0v) is 50.2. The topological polar surface area (TPSA) is 243 Å². The molecule has 0 radical (unpaired) electrons. The monoisotopic (exact) mass is 1280 g/mol. The van der Waals surface area contributed by atoms with Gasteiger partial charge in [-0.3, -0.25) is 28.9 Å². The molecule has 10 heterocycles. The number of imide groups is 2. The number of aromatic amines is 2. The van der Waals surface area contributed by atoms with Crippen molar-refractivity contribution in [2.24, 2.45) is 0 Å². The van der Waals surface area contributed by atoms with Gasteiger partial charge in [0.25, 0.3) is 23.6 Å². The highest BCUT2D eigenvalue weighted by molar-refractivity contribution is 6.40. The summed E-state index contributed by atoms with van der Waals surface area (Å²) in [5, 5.41) is 47.3. The number of nitrogens with one attached hydrogen (secondary N) is 2. The molecule has 4 saturated heterocycles. The number of aliphatic hydroxyl groups is 4. The second-order valence-electron chi connectivity index (χ2n) is 25.9. The number of H-pyrrole nitrogens is 2. The van der Waals surface area contributed by atoms with Crippen molar-refractivity contribution in [1.82, 2.24) is 29.1 Å². The van der Waals surface area contributed by atoms with E-state index in [1.165, 1.54) is 71.6 Å². The summed E-state index contributed by atoms with van der Waals surface area (Å²) in [7, 11) is 0. The average molecular weight is 1280 g/mol. The van der Waals surface area contributed by atoms with Crippen LogP contribution in [-0.2, 0) is 42.2 Å². The molecular weight excluding hydrogens is 1220 g/mol. The number of ether oxygens (including phenoxy) is 4. The molecule has 18 rings (SSSR count). The van der Waals surface area contributed by atoms with Crippen LogP contribution in [0.4, 0.5) is 17.6 Å². The van der Waals surface area contributed by atoms with Crippen molar-refractivity contribution in [2.45, 2.75) is 100 Å². The predicted molar refractivity (Wildman–Crippen MR) is 335 cm³/mol. The number of nitrogens with zero attached hydrogens (tertiary/aromatic N) is 4. The SMILES string of the molecule is CC(C)(C)c1ccc(CN2C(=O)c3c(c4c5cc(F)ccc5n([C@@H]5OC6COC([C@@H]6O)[C@H]5O)c4c4[nH]c5ccc(F)cc5c34)C2=O)cc1.O=C1c2c(c3c4cc(F)ccc4n(C4O[C@H]5[C@H](OC[C@H]5O)[C@H]4O)c3c3[nH]c4ccc(F)cc4c23)C(=O)N1OCCc1ccccc1. The Balaban J connectivity index is 0.000000143. The summed E-state index contributed by atoms with van der Waals surface area (Å²) in [5.74, 6) is -4.83. The van der Waals surface area contributed by atoms with Crippen LogP contribution in [0.5, 0.6) is 0 Å². The lowest BCUT2D eigenvalue weighted by Crippen LogP contribution is -2.50. The molecule has 6 aliphatic rings. The number of benzene rings is 8. The summed E-state index contributed by atoms with van der Waals surface area (Å²) in [5.41, 5.74) is 6.13. The van der Waals surface area contributed by atoms with E-state index in [1.54, 1.807) is 15.2 Å². The lowest BCUT2D eigenvalue weighted by molar-refractivity contribution is -0.192. The summed E-state index contributed by atoms with van der Waals surface area (Å²) in [6.07, 6.45) is -9.73. The third-order valence-corrected chi connectivity index (χ3v) is 19.5. The minimum Gasteiger partial charge on any atom is -0.388 e. The van der Waals surface area contributed by atoms with Gasteiger partial charge in [-0.2, -0.15) is 0 Å². The summed E-state index contributed by atoms with van der Waals surface area (Å²) >= 11 is 0. The van der Waals surface area contributed by atoms with E-state index in [1.807, 2.05) is 54.6 Å². The number of fused-ring (bicyclic) bond motifs is 23. The molecule has 0 spiro atoms. The molecule has 8 aromatic carbocycles. The van der Waals surface area contributed by atoms with Crippen LogP contribution in [0.25, 0.3) is 87.2 Å². The standard InChI is InChI=1S/C37H31F2N3O6.C34H25F2N3O7/c1-37(2,3)17-6-4-16(5-7-17)14-41-34(45)27-25-20-12-18(38)8-10-22(20)40-29(25)30-26(28(27)35(41)46)21-13-19(39)9-11-23(21)42(30)36-32(44)33-31(43)24(48-36)15-47-33;35-16-6-8-20-18(12-16)23-25-26(33(43)39(32(25)42)45-11-10-15-4-2-1-3-5-15)24-19-13-17(36)7-9-21(19)38(28(24)27(23)37-20)34-29(41)31-30(46-34)22(40)14-44-31/h4-13,24,31-33,36,40,43-44H,14-15H2,1-3H3;1-9,12-13,22,29-31,34,37,40-41H,10-11,14H2/t24?,31-,32-,33?,36-;22-,29-,30-,31-,34?/m11/s1. The van der Waals surface area contributed by atoms with E-state index >= 15 is 4.39 Å². The average Bonchev–Trinajstić information content (AvgIpc) is 1.52. The highest BCUT2D eigenvalue weighted by Crippen LogP contribution is 2.51. The third-order valence-electron chi connectivity index (χ3n) is 19.5. The number of rotatable bonds is 8. The van der Waals surface area contributed by atoms with E-state index in [4.69, 9.17) is 23.8 Å². The number of aromatic nitrogens is 4. The number of aliphatic hydroxyl groups excluding tert-OH is 4. The maximum absolute atomic E-state index is 15.1. The smallest absolute Gasteiger partial charge is 0.286 e. The number of hydrogen-bond acceptors (Lipinski definition) is 13. The van der Waals surface area contributed by atoms with Crippen LogP contribution in [0.1, 0.15) is 91.3 Å². The first-order valence-electron chi connectivity index (χ1n) is 30.8. The van der Waals surface area contributed by atoms with Crippen molar-refractivity contribution in [3.63, 3.8) is 0 Å². The fourth-order valence-electron chi connectivity index (χ4n) is 15.1. The summed E-state index contributed by atoms with van der Waals surface area (Å²) in [6, 6.07) is 33.5. The zero-order valence-electron chi connectivity index (χ0n) is 50.2. The van der Waals surface area contributed by atoms with Gasteiger partial charge in [0.1, 0.15) is 72.1 Å². The van der Waals surface area contributed by atoms with Gasteiger partial charge in [-0.1, -0.05) is 75.4 Å². The summed E-state index contributed by atoms with van der Waals surface area (Å²) in [6.45, 7) is 6.39. The van der Waals surface area contributed by atoms with E-state index in [0.29, 0.717) is 87.9 Å². The van der Waals surface area contributed by atoms with Crippen molar-refractivity contribution in [3.8, 4) is 0 Å². The first-order chi connectivity index (χ1) is 45.2. The van der Waals surface area contributed by atoms with Crippen molar-refractivity contribution in [1.29, 1.82) is 0 Å². The van der Waals surface area contributed by atoms with Crippen LogP contribution >= 0.6 is 0 Å². The Morgan fingerprint density at radius 3 is 1.56 bits per heavy atom. The van der Waals surface area contributed by atoms with Gasteiger partial charge in [0.05, 0.1) is 81.7 Å². The molecule has 12 aromatic rings. The van der Waals surface area contributed by atoms with E-state index in [9.17, 15) is 52.8 Å². The molecule has 10 atom stereocenters. The van der Waals surface area contributed by atoms with Crippen molar-refractivity contribution < 1.29 is 81.0 Å². The number of hydrogen-bond donors (Lipinski definition) is 6. The van der Waals surface area contributed by atoms with Gasteiger partial charge in [-0.25, -0.2) is 17.6 Å². The van der Waals surface area contributed by atoms with Gasteiger partial charge in [-0.15, -0.1) is 5.06 Å². The largest absolute Gasteiger partial charge is 0.388 e. The van der Waals surface area contributed by atoms with Gasteiger partial charge < -0.3 is 58.5 Å².